The highest BCUT2D eigenvalue weighted by Crippen LogP contribution is 2.38. The summed E-state index contributed by atoms with van der Waals surface area (Å²) >= 11 is 0. The van der Waals surface area contributed by atoms with Crippen molar-refractivity contribution in [3.05, 3.63) is 49.1 Å². The summed E-state index contributed by atoms with van der Waals surface area (Å²) in [6.07, 6.45) is 6.94. The predicted octanol–water partition coefficient (Wildman–Crippen LogP) is 2.89. The zero-order valence-corrected chi connectivity index (χ0v) is 17.7. The van der Waals surface area contributed by atoms with Crippen molar-refractivity contribution >= 4 is 28.4 Å². The maximum Gasteiger partial charge on any atom is 0.230 e. The Bertz CT molecular complexity index is 1290. The van der Waals surface area contributed by atoms with Crippen molar-refractivity contribution in [1.29, 1.82) is 0 Å². The molecule has 0 saturated carbocycles. The molecular formula is C22H22FN7O2. The van der Waals surface area contributed by atoms with Gasteiger partial charge >= 0.3 is 0 Å². The molecule has 9 nitrogen and oxygen atoms in total. The summed E-state index contributed by atoms with van der Waals surface area (Å²) in [5.41, 5.74) is 7.51. The van der Waals surface area contributed by atoms with Gasteiger partial charge in [-0.15, -0.1) is 0 Å². The van der Waals surface area contributed by atoms with Crippen LogP contribution in [0.2, 0.25) is 0 Å². The normalized spacial score (nSPS) is 14.8. The lowest BCUT2D eigenvalue weighted by molar-refractivity contribution is -0.123. The third-order valence-corrected chi connectivity index (χ3v) is 5.43. The van der Waals surface area contributed by atoms with Crippen molar-refractivity contribution in [1.82, 2.24) is 24.7 Å². The fourth-order valence-corrected chi connectivity index (χ4v) is 3.71. The molecule has 1 fully saturated rings. The summed E-state index contributed by atoms with van der Waals surface area (Å²) < 4.78 is 27.7. The van der Waals surface area contributed by atoms with Gasteiger partial charge in [0.05, 0.1) is 38.8 Å². The third-order valence-electron chi connectivity index (χ3n) is 5.43. The molecule has 0 amide bonds. The summed E-state index contributed by atoms with van der Waals surface area (Å²) in [5, 5.41) is 4.97. The summed E-state index contributed by atoms with van der Waals surface area (Å²) in [7, 11) is 3.43. The number of rotatable bonds is 6. The Labute approximate surface area is 183 Å². The highest BCUT2D eigenvalue weighted by molar-refractivity contribution is 5.87. The van der Waals surface area contributed by atoms with Crippen LogP contribution in [-0.2, 0) is 11.8 Å². The first-order valence-electron chi connectivity index (χ1n) is 10.0. The molecule has 1 aliphatic heterocycles. The highest BCUT2D eigenvalue weighted by Gasteiger charge is 2.42. The number of hydrogen-bond donors (Lipinski definition) is 1. The van der Waals surface area contributed by atoms with Crippen LogP contribution in [-0.4, -0.2) is 57.3 Å². The van der Waals surface area contributed by atoms with E-state index in [4.69, 9.17) is 15.2 Å². The maximum atomic E-state index is 15.2. The van der Waals surface area contributed by atoms with E-state index in [2.05, 4.69) is 20.1 Å². The summed E-state index contributed by atoms with van der Waals surface area (Å²) in [4.78, 5) is 14.9. The number of fused-ring (bicyclic) bond motifs is 1. The van der Waals surface area contributed by atoms with Crippen LogP contribution in [0.1, 0.15) is 0 Å². The first-order chi connectivity index (χ1) is 15.5. The fourth-order valence-electron chi connectivity index (χ4n) is 3.71. The number of aryl methyl sites for hydroxylation is 1. The maximum absolute atomic E-state index is 15.2. The van der Waals surface area contributed by atoms with Crippen LogP contribution in [0, 0.1) is 0 Å². The summed E-state index contributed by atoms with van der Waals surface area (Å²) in [6, 6.07) is 7.46. The van der Waals surface area contributed by atoms with Gasteiger partial charge < -0.3 is 20.1 Å². The van der Waals surface area contributed by atoms with Gasteiger partial charge in [-0.2, -0.15) is 5.10 Å². The molecule has 1 aliphatic rings. The van der Waals surface area contributed by atoms with Gasteiger partial charge in [-0.25, -0.2) is 19.3 Å². The number of methoxy groups -OCH3 is 1. The molecule has 0 radical (unpaired) electrons. The second-order valence-electron chi connectivity index (χ2n) is 7.82. The monoisotopic (exact) mass is 435 g/mol. The molecule has 4 aromatic rings. The van der Waals surface area contributed by atoms with Crippen LogP contribution in [0.15, 0.2) is 49.1 Å². The van der Waals surface area contributed by atoms with Crippen molar-refractivity contribution in [3.8, 4) is 16.9 Å². The molecular weight excluding hydrogens is 413 g/mol. The number of halogens is 1. The van der Waals surface area contributed by atoms with Crippen LogP contribution < -0.4 is 15.4 Å². The molecule has 5 rings (SSSR count). The van der Waals surface area contributed by atoms with E-state index in [9.17, 15) is 0 Å². The lowest BCUT2D eigenvalue weighted by Crippen LogP contribution is -2.53. The van der Waals surface area contributed by atoms with Gasteiger partial charge in [0.15, 0.2) is 5.67 Å². The molecule has 0 bridgehead atoms. The van der Waals surface area contributed by atoms with Crippen molar-refractivity contribution < 1.29 is 13.9 Å². The zero-order valence-electron chi connectivity index (χ0n) is 17.7. The lowest BCUT2D eigenvalue weighted by Gasteiger charge is -2.38. The van der Waals surface area contributed by atoms with Crippen molar-refractivity contribution in [2.75, 3.05) is 37.5 Å². The van der Waals surface area contributed by atoms with E-state index in [-0.39, 0.29) is 25.6 Å². The lowest BCUT2D eigenvalue weighted by atomic mass is 10.0. The van der Waals surface area contributed by atoms with E-state index in [0.717, 1.165) is 16.5 Å². The molecule has 164 valence electrons. The zero-order chi connectivity index (χ0) is 22.3. The minimum Gasteiger partial charge on any atom is -0.495 e. The second kappa shape index (κ2) is 7.72. The minimum atomic E-state index is -1.52. The first-order valence-corrected chi connectivity index (χ1v) is 10.0. The van der Waals surface area contributed by atoms with Gasteiger partial charge in [-0.1, -0.05) is 6.07 Å². The molecule has 0 atom stereocenters. The SMILES string of the molecule is COc1cc(-c2cnn(C)c2)ccc1N(CC1(F)COC1)c1ncc2ccnc(N)c2n1. The Kier molecular flexibility index (Phi) is 4.86. The van der Waals surface area contributed by atoms with Crippen molar-refractivity contribution in [3.63, 3.8) is 0 Å². The largest absolute Gasteiger partial charge is 0.495 e. The number of ether oxygens (including phenoxy) is 2. The average Bonchev–Trinajstić information content (AvgIpc) is 3.22. The van der Waals surface area contributed by atoms with Crippen LogP contribution in [0.25, 0.3) is 22.0 Å². The topological polar surface area (TPSA) is 104 Å². The Balaban J connectivity index is 1.61. The van der Waals surface area contributed by atoms with E-state index >= 15 is 4.39 Å². The van der Waals surface area contributed by atoms with E-state index in [0.29, 0.717) is 22.9 Å². The fraction of sp³-hybridized carbons (Fsp3) is 0.273. The molecule has 2 N–H and O–H groups in total. The number of aromatic nitrogens is 5. The number of anilines is 3. The molecule has 0 spiro atoms. The third kappa shape index (κ3) is 3.58. The van der Waals surface area contributed by atoms with Gasteiger partial charge in [0.2, 0.25) is 5.95 Å². The summed E-state index contributed by atoms with van der Waals surface area (Å²) in [5.74, 6) is 1.14. The molecule has 1 saturated heterocycles. The van der Waals surface area contributed by atoms with Gasteiger partial charge in [0, 0.05) is 36.6 Å². The quantitative estimate of drug-likeness (QED) is 0.493. The summed E-state index contributed by atoms with van der Waals surface area (Å²) in [6.45, 7) is 0.0228. The molecule has 0 unspecified atom stereocenters. The van der Waals surface area contributed by atoms with Gasteiger partial charge in [-0.3, -0.25) is 4.68 Å². The number of nitrogens with zero attached hydrogens (tertiary/aromatic N) is 6. The molecule has 3 aromatic heterocycles. The van der Waals surface area contributed by atoms with E-state index < -0.39 is 5.67 Å². The molecule has 10 heteroatoms. The van der Waals surface area contributed by atoms with Crippen molar-refractivity contribution in [2.24, 2.45) is 7.05 Å². The highest BCUT2D eigenvalue weighted by atomic mass is 19.1. The number of nitrogen functional groups attached to an aromatic ring is 1. The van der Waals surface area contributed by atoms with Gasteiger partial charge in [0.1, 0.15) is 17.1 Å². The number of nitrogens with two attached hydrogens (primary N) is 1. The van der Waals surface area contributed by atoms with Crippen LogP contribution in [0.4, 0.5) is 21.8 Å². The number of alkyl halides is 1. The molecule has 32 heavy (non-hydrogen) atoms. The van der Waals surface area contributed by atoms with Crippen LogP contribution in [0.5, 0.6) is 5.75 Å². The Morgan fingerprint density at radius 3 is 2.75 bits per heavy atom. The van der Waals surface area contributed by atoms with Crippen molar-refractivity contribution in [2.45, 2.75) is 5.67 Å². The Morgan fingerprint density at radius 1 is 1.22 bits per heavy atom. The second-order valence-corrected chi connectivity index (χ2v) is 7.82. The number of benzene rings is 1. The van der Waals surface area contributed by atoms with E-state index in [1.165, 1.54) is 0 Å². The Hall–Kier alpha value is -3.79. The molecule has 0 aliphatic carbocycles. The van der Waals surface area contributed by atoms with Crippen LogP contribution in [0.3, 0.4) is 0 Å². The molecule has 1 aromatic carbocycles. The van der Waals surface area contributed by atoms with E-state index in [1.54, 1.807) is 41.3 Å². The number of pyridine rings is 1. The Morgan fingerprint density at radius 2 is 2.06 bits per heavy atom. The predicted molar refractivity (Wildman–Crippen MR) is 119 cm³/mol. The van der Waals surface area contributed by atoms with Crippen LogP contribution >= 0.6 is 0 Å². The van der Waals surface area contributed by atoms with Gasteiger partial charge in [-0.05, 0) is 23.8 Å². The van der Waals surface area contributed by atoms with Gasteiger partial charge in [0.25, 0.3) is 0 Å². The number of hydrogen-bond acceptors (Lipinski definition) is 8. The average molecular weight is 435 g/mol. The smallest absolute Gasteiger partial charge is 0.230 e. The first kappa shape index (κ1) is 20.1. The minimum absolute atomic E-state index is 0.00126. The van der Waals surface area contributed by atoms with E-state index in [1.807, 2.05) is 31.4 Å². The molecule has 4 heterocycles. The standard InChI is InChI=1S/C22H22FN7O2/c1-29-10-16(9-27-29)14-3-4-17(18(7-14)31-2)30(11-22(23)12-32-13-22)21-26-8-15-5-6-25-20(24)19(15)28-21/h3-10H,11-13H2,1-2H3,(H2,24,25).